The van der Waals surface area contributed by atoms with Crippen molar-refractivity contribution < 1.29 is 22.4 Å². The largest absolute Gasteiger partial charge is 0.416 e. The first-order valence-electron chi connectivity index (χ1n) is 10.9. The fourth-order valence-electron chi connectivity index (χ4n) is 5.41. The van der Waals surface area contributed by atoms with E-state index in [0.29, 0.717) is 17.3 Å². The number of aryl methyl sites for hydroxylation is 1. The van der Waals surface area contributed by atoms with Gasteiger partial charge in [0.1, 0.15) is 18.0 Å². The number of anilines is 1. The molecule has 0 unspecified atom stereocenters. The van der Waals surface area contributed by atoms with Gasteiger partial charge in [0, 0.05) is 18.3 Å². The highest BCUT2D eigenvalue weighted by atomic mass is 19.4. The quantitative estimate of drug-likeness (QED) is 0.474. The van der Waals surface area contributed by atoms with Crippen molar-refractivity contribution >= 4 is 17.7 Å². The van der Waals surface area contributed by atoms with Crippen molar-refractivity contribution in [1.29, 1.82) is 0 Å². The van der Waals surface area contributed by atoms with E-state index in [0.717, 1.165) is 18.9 Å². The summed E-state index contributed by atoms with van der Waals surface area (Å²) in [4.78, 5) is 14.4. The van der Waals surface area contributed by atoms with Crippen LogP contribution in [-0.2, 0) is 25.2 Å². The van der Waals surface area contributed by atoms with Crippen LogP contribution in [0.1, 0.15) is 58.2 Å². The van der Waals surface area contributed by atoms with E-state index in [9.17, 15) is 22.4 Å². The normalized spacial score (nSPS) is 22.0. The summed E-state index contributed by atoms with van der Waals surface area (Å²) in [6.07, 6.45) is -0.343. The highest BCUT2D eigenvalue weighted by Gasteiger charge is 2.49. The number of fused-ring (bicyclic) bond motifs is 1. The smallest absolute Gasteiger partial charge is 0.320 e. The van der Waals surface area contributed by atoms with Crippen molar-refractivity contribution in [1.82, 2.24) is 14.8 Å². The number of halogens is 4. The van der Waals surface area contributed by atoms with Crippen molar-refractivity contribution in [2.45, 2.75) is 37.9 Å². The molecule has 0 saturated heterocycles. The van der Waals surface area contributed by atoms with Crippen LogP contribution in [0.5, 0.6) is 0 Å². The van der Waals surface area contributed by atoms with Crippen molar-refractivity contribution in [2.24, 2.45) is 13.0 Å². The maximum atomic E-state index is 14.9. The SMILES string of the molecule is C=Cc1cc2c(c(C(F)(F)F)c1)CN(c1cc(F)cc(C3(c4nncn4C)CC(C)C3)c1)C2=O. The average Bonchev–Trinajstić information content (AvgIpc) is 3.32. The highest BCUT2D eigenvalue weighted by Crippen LogP contribution is 2.52. The molecule has 176 valence electrons. The summed E-state index contributed by atoms with van der Waals surface area (Å²) < 4.78 is 57.9. The molecule has 2 heterocycles. The molecule has 5 nitrogen and oxygen atoms in total. The summed E-state index contributed by atoms with van der Waals surface area (Å²) in [6.45, 7) is 5.32. The molecule has 1 aliphatic carbocycles. The van der Waals surface area contributed by atoms with Gasteiger partial charge in [-0.25, -0.2) is 4.39 Å². The van der Waals surface area contributed by atoms with Gasteiger partial charge in [0.15, 0.2) is 0 Å². The minimum absolute atomic E-state index is 0.0455. The molecule has 1 fully saturated rings. The topological polar surface area (TPSA) is 51.0 Å². The van der Waals surface area contributed by atoms with Gasteiger partial charge >= 0.3 is 6.18 Å². The van der Waals surface area contributed by atoms with Crippen LogP contribution in [0.3, 0.4) is 0 Å². The molecule has 0 atom stereocenters. The second-order valence-corrected chi connectivity index (χ2v) is 9.25. The predicted molar refractivity (Wildman–Crippen MR) is 119 cm³/mol. The Balaban J connectivity index is 1.60. The van der Waals surface area contributed by atoms with Crippen LogP contribution < -0.4 is 4.90 Å². The fraction of sp³-hybridized carbons (Fsp3) is 0.320. The first-order valence-corrected chi connectivity index (χ1v) is 10.9. The third-order valence-corrected chi connectivity index (χ3v) is 6.89. The summed E-state index contributed by atoms with van der Waals surface area (Å²) in [5, 5.41) is 8.23. The molecule has 5 rings (SSSR count). The summed E-state index contributed by atoms with van der Waals surface area (Å²) in [5.41, 5.74) is -0.579. The third kappa shape index (κ3) is 3.33. The lowest BCUT2D eigenvalue weighted by Gasteiger charge is -2.46. The zero-order chi connectivity index (χ0) is 24.4. The predicted octanol–water partition coefficient (Wildman–Crippen LogP) is 5.49. The fourth-order valence-corrected chi connectivity index (χ4v) is 5.41. The number of rotatable bonds is 4. The Morgan fingerprint density at radius 3 is 2.50 bits per heavy atom. The van der Waals surface area contributed by atoms with Crippen molar-refractivity contribution in [3.8, 4) is 0 Å². The van der Waals surface area contributed by atoms with Crippen LogP contribution in [0.25, 0.3) is 6.08 Å². The van der Waals surface area contributed by atoms with Gasteiger partial charge in [-0.05, 0) is 65.8 Å². The van der Waals surface area contributed by atoms with E-state index in [4.69, 9.17) is 0 Å². The van der Waals surface area contributed by atoms with E-state index < -0.39 is 28.9 Å². The lowest BCUT2D eigenvalue weighted by atomic mass is 9.58. The molecular formula is C25H22F4N4O. The van der Waals surface area contributed by atoms with Crippen LogP contribution >= 0.6 is 0 Å². The maximum absolute atomic E-state index is 14.9. The van der Waals surface area contributed by atoms with Gasteiger partial charge in [-0.15, -0.1) is 10.2 Å². The zero-order valence-electron chi connectivity index (χ0n) is 18.7. The molecule has 0 radical (unpaired) electrons. The van der Waals surface area contributed by atoms with Crippen LogP contribution in [0, 0.1) is 11.7 Å². The molecule has 0 N–H and O–H groups in total. The van der Waals surface area contributed by atoms with Crippen LogP contribution in [-0.4, -0.2) is 20.7 Å². The third-order valence-electron chi connectivity index (χ3n) is 6.89. The van der Waals surface area contributed by atoms with Crippen molar-refractivity contribution in [2.75, 3.05) is 4.90 Å². The molecule has 1 amide bonds. The number of aromatic nitrogens is 3. The molecule has 34 heavy (non-hydrogen) atoms. The van der Waals surface area contributed by atoms with Crippen LogP contribution in [0.2, 0.25) is 0 Å². The minimum atomic E-state index is -4.64. The average molecular weight is 470 g/mol. The molecule has 9 heteroatoms. The van der Waals surface area contributed by atoms with Gasteiger partial charge in [-0.2, -0.15) is 13.2 Å². The number of carbonyl (C=O) groups is 1. The molecule has 1 saturated carbocycles. The Bertz CT molecular complexity index is 1320. The lowest BCUT2D eigenvalue weighted by molar-refractivity contribution is -0.138. The summed E-state index contributed by atoms with van der Waals surface area (Å²) in [5.74, 6) is -0.100. The summed E-state index contributed by atoms with van der Waals surface area (Å²) >= 11 is 0. The first kappa shape index (κ1) is 22.3. The second kappa shape index (κ2) is 7.51. The number of hydrogen-bond acceptors (Lipinski definition) is 3. The number of hydrogen-bond donors (Lipinski definition) is 0. The first-order chi connectivity index (χ1) is 16.0. The van der Waals surface area contributed by atoms with Gasteiger partial charge in [0.05, 0.1) is 17.5 Å². The van der Waals surface area contributed by atoms with Gasteiger partial charge in [0.25, 0.3) is 5.91 Å². The molecule has 3 aromatic rings. The number of amides is 1. The monoisotopic (exact) mass is 470 g/mol. The number of benzene rings is 2. The Labute approximate surface area is 193 Å². The van der Waals surface area contributed by atoms with E-state index in [2.05, 4.69) is 23.7 Å². The Hall–Kier alpha value is -3.49. The van der Waals surface area contributed by atoms with Gasteiger partial charge in [-0.1, -0.05) is 19.6 Å². The van der Waals surface area contributed by atoms with Crippen LogP contribution in [0.15, 0.2) is 43.2 Å². The standard InChI is InChI=1S/C25H22F4N4O/c1-4-15-5-19-20(21(6-15)25(27,28)29)12-33(22(19)34)18-8-16(7-17(26)9-18)24(10-14(2)11-24)23-31-30-13-32(23)3/h4-9,13-14H,1,10-12H2,2-3H3. The maximum Gasteiger partial charge on any atom is 0.416 e. The van der Waals surface area contributed by atoms with E-state index in [-0.39, 0.29) is 28.9 Å². The molecule has 2 aliphatic rings. The molecular weight excluding hydrogens is 448 g/mol. The van der Waals surface area contributed by atoms with E-state index in [1.54, 1.807) is 17.0 Å². The Morgan fingerprint density at radius 2 is 1.91 bits per heavy atom. The number of alkyl halides is 3. The molecule has 1 aliphatic heterocycles. The van der Waals surface area contributed by atoms with Gasteiger partial charge in [-0.3, -0.25) is 4.79 Å². The minimum Gasteiger partial charge on any atom is -0.320 e. The van der Waals surface area contributed by atoms with E-state index in [1.807, 2.05) is 7.05 Å². The molecule has 1 aromatic heterocycles. The summed E-state index contributed by atoms with van der Waals surface area (Å²) in [7, 11) is 1.82. The van der Waals surface area contributed by atoms with E-state index >= 15 is 0 Å². The molecule has 0 spiro atoms. The van der Waals surface area contributed by atoms with E-state index in [1.165, 1.54) is 29.2 Å². The zero-order valence-corrected chi connectivity index (χ0v) is 18.7. The Morgan fingerprint density at radius 1 is 1.18 bits per heavy atom. The molecule has 0 bridgehead atoms. The summed E-state index contributed by atoms with van der Waals surface area (Å²) in [6, 6.07) is 6.67. The van der Waals surface area contributed by atoms with Crippen LogP contribution in [0.4, 0.5) is 23.2 Å². The lowest BCUT2D eigenvalue weighted by Crippen LogP contribution is -2.43. The van der Waals surface area contributed by atoms with Crippen molar-refractivity contribution in [3.63, 3.8) is 0 Å². The number of carbonyl (C=O) groups excluding carboxylic acids is 1. The Kier molecular flexibility index (Phi) is 4.93. The van der Waals surface area contributed by atoms with Gasteiger partial charge < -0.3 is 9.47 Å². The van der Waals surface area contributed by atoms with Crippen molar-refractivity contribution in [3.05, 3.63) is 82.7 Å². The molecule has 2 aromatic carbocycles. The number of nitrogens with zero attached hydrogens (tertiary/aromatic N) is 4. The second-order valence-electron chi connectivity index (χ2n) is 9.25. The highest BCUT2D eigenvalue weighted by molar-refractivity contribution is 6.10. The van der Waals surface area contributed by atoms with Gasteiger partial charge in [0.2, 0.25) is 0 Å².